The lowest BCUT2D eigenvalue weighted by molar-refractivity contribution is 0.547. The second kappa shape index (κ2) is 4.69. The minimum Gasteiger partial charge on any atom is -0.342 e. The summed E-state index contributed by atoms with van der Waals surface area (Å²) in [5.41, 5.74) is 3.64. The maximum atomic E-state index is 4.62. The Hall–Kier alpha value is -1.31. The highest BCUT2D eigenvalue weighted by Crippen LogP contribution is 2.16. The molecule has 2 rings (SSSR count). The van der Waals surface area contributed by atoms with Crippen molar-refractivity contribution in [2.45, 2.75) is 40.0 Å². The van der Waals surface area contributed by atoms with Crippen molar-refractivity contribution in [1.29, 1.82) is 0 Å². The van der Waals surface area contributed by atoms with Gasteiger partial charge in [0.2, 0.25) is 0 Å². The van der Waals surface area contributed by atoms with Gasteiger partial charge in [-0.2, -0.15) is 0 Å². The summed E-state index contributed by atoms with van der Waals surface area (Å²) in [6.07, 6.45) is 3.33. The van der Waals surface area contributed by atoms with Crippen LogP contribution in [-0.4, -0.2) is 9.97 Å². The van der Waals surface area contributed by atoms with E-state index in [1.165, 1.54) is 17.5 Å². The molecule has 2 aromatic rings. The van der Waals surface area contributed by atoms with Gasteiger partial charge in [0.25, 0.3) is 0 Å². The van der Waals surface area contributed by atoms with Crippen LogP contribution in [0.15, 0.2) is 18.2 Å². The Bertz CT molecular complexity index is 471. The zero-order valence-electron chi connectivity index (χ0n) is 10.4. The van der Waals surface area contributed by atoms with Crippen LogP contribution in [0.1, 0.15) is 38.6 Å². The van der Waals surface area contributed by atoms with Gasteiger partial charge < -0.3 is 4.98 Å². The SMILES string of the molecule is CCc1ccc2nc(CC(C)CC)[nH]c2c1. The number of H-pyrrole nitrogens is 1. The zero-order chi connectivity index (χ0) is 11.5. The van der Waals surface area contributed by atoms with Gasteiger partial charge in [-0.25, -0.2) is 4.98 Å². The van der Waals surface area contributed by atoms with Crippen molar-refractivity contribution in [3.8, 4) is 0 Å². The molecule has 1 atom stereocenters. The molecule has 0 saturated carbocycles. The van der Waals surface area contributed by atoms with E-state index in [0.29, 0.717) is 5.92 Å². The van der Waals surface area contributed by atoms with E-state index < -0.39 is 0 Å². The molecule has 0 fully saturated rings. The zero-order valence-corrected chi connectivity index (χ0v) is 10.4. The Morgan fingerprint density at radius 2 is 2.12 bits per heavy atom. The molecular formula is C14H20N2. The molecule has 0 aliphatic heterocycles. The van der Waals surface area contributed by atoms with Gasteiger partial charge >= 0.3 is 0 Å². The van der Waals surface area contributed by atoms with Crippen molar-refractivity contribution in [3.63, 3.8) is 0 Å². The van der Waals surface area contributed by atoms with Crippen LogP contribution in [0.4, 0.5) is 0 Å². The second-order valence-corrected chi connectivity index (χ2v) is 4.61. The number of aromatic nitrogens is 2. The third-order valence-corrected chi connectivity index (χ3v) is 3.24. The number of imidazole rings is 1. The molecule has 1 N–H and O–H groups in total. The number of hydrogen-bond donors (Lipinski definition) is 1. The van der Waals surface area contributed by atoms with Crippen LogP contribution in [0.25, 0.3) is 11.0 Å². The van der Waals surface area contributed by atoms with E-state index in [1.807, 2.05) is 0 Å². The molecule has 2 nitrogen and oxygen atoms in total. The van der Waals surface area contributed by atoms with E-state index in [4.69, 9.17) is 0 Å². The van der Waals surface area contributed by atoms with Crippen LogP contribution in [0.3, 0.4) is 0 Å². The van der Waals surface area contributed by atoms with Crippen LogP contribution in [-0.2, 0) is 12.8 Å². The Kier molecular flexibility index (Phi) is 3.28. The molecule has 1 unspecified atom stereocenters. The van der Waals surface area contributed by atoms with Crippen molar-refractivity contribution in [2.24, 2.45) is 5.92 Å². The molecule has 86 valence electrons. The number of nitrogens with one attached hydrogen (secondary N) is 1. The van der Waals surface area contributed by atoms with E-state index in [-0.39, 0.29) is 0 Å². The van der Waals surface area contributed by atoms with Gasteiger partial charge in [-0.05, 0) is 30.0 Å². The molecule has 0 saturated heterocycles. The van der Waals surface area contributed by atoms with Gasteiger partial charge in [0.1, 0.15) is 5.82 Å². The molecular weight excluding hydrogens is 196 g/mol. The van der Waals surface area contributed by atoms with Crippen LogP contribution in [0, 0.1) is 5.92 Å². The van der Waals surface area contributed by atoms with E-state index in [1.54, 1.807) is 0 Å². The fraction of sp³-hybridized carbons (Fsp3) is 0.500. The molecule has 0 aliphatic rings. The number of aryl methyl sites for hydroxylation is 1. The van der Waals surface area contributed by atoms with Crippen LogP contribution in [0.2, 0.25) is 0 Å². The minimum absolute atomic E-state index is 0.700. The monoisotopic (exact) mass is 216 g/mol. The van der Waals surface area contributed by atoms with Crippen LogP contribution >= 0.6 is 0 Å². The van der Waals surface area contributed by atoms with Crippen molar-refractivity contribution in [1.82, 2.24) is 9.97 Å². The number of benzene rings is 1. The van der Waals surface area contributed by atoms with E-state index in [9.17, 15) is 0 Å². The maximum Gasteiger partial charge on any atom is 0.107 e. The predicted octanol–water partition coefficient (Wildman–Crippen LogP) is 3.71. The molecule has 0 radical (unpaired) electrons. The smallest absolute Gasteiger partial charge is 0.107 e. The largest absolute Gasteiger partial charge is 0.342 e. The normalized spacial score (nSPS) is 13.2. The second-order valence-electron chi connectivity index (χ2n) is 4.61. The number of nitrogens with zero attached hydrogens (tertiary/aromatic N) is 1. The van der Waals surface area contributed by atoms with E-state index >= 15 is 0 Å². The number of fused-ring (bicyclic) bond motifs is 1. The lowest BCUT2D eigenvalue weighted by Crippen LogP contribution is -1.99. The highest BCUT2D eigenvalue weighted by molar-refractivity contribution is 5.75. The fourth-order valence-electron chi connectivity index (χ4n) is 1.90. The van der Waals surface area contributed by atoms with Crippen molar-refractivity contribution >= 4 is 11.0 Å². The standard InChI is InChI=1S/C14H20N2/c1-4-10(3)8-14-15-12-7-6-11(5-2)9-13(12)16-14/h6-7,9-10H,4-5,8H2,1-3H3,(H,15,16). The average molecular weight is 216 g/mol. The summed E-state index contributed by atoms with van der Waals surface area (Å²) in [6.45, 7) is 6.67. The summed E-state index contributed by atoms with van der Waals surface area (Å²) < 4.78 is 0. The van der Waals surface area contributed by atoms with E-state index in [2.05, 4.69) is 48.9 Å². The van der Waals surface area contributed by atoms with Crippen molar-refractivity contribution < 1.29 is 0 Å². The summed E-state index contributed by atoms with van der Waals surface area (Å²) in [5, 5.41) is 0. The van der Waals surface area contributed by atoms with Crippen LogP contribution < -0.4 is 0 Å². The Balaban J connectivity index is 2.29. The molecule has 0 spiro atoms. The topological polar surface area (TPSA) is 28.7 Å². The molecule has 1 heterocycles. The molecule has 0 bridgehead atoms. The summed E-state index contributed by atoms with van der Waals surface area (Å²) in [6, 6.07) is 6.49. The van der Waals surface area contributed by atoms with E-state index in [0.717, 1.165) is 24.2 Å². The van der Waals surface area contributed by atoms with Crippen molar-refractivity contribution in [3.05, 3.63) is 29.6 Å². The third kappa shape index (κ3) is 2.26. The first-order valence-corrected chi connectivity index (χ1v) is 6.20. The third-order valence-electron chi connectivity index (χ3n) is 3.24. The predicted molar refractivity (Wildman–Crippen MR) is 68.6 cm³/mol. The Morgan fingerprint density at radius 1 is 1.31 bits per heavy atom. The summed E-state index contributed by atoms with van der Waals surface area (Å²) in [5.74, 6) is 1.82. The fourth-order valence-corrected chi connectivity index (χ4v) is 1.90. The lowest BCUT2D eigenvalue weighted by atomic mass is 10.1. The molecule has 0 amide bonds. The summed E-state index contributed by atoms with van der Waals surface area (Å²) >= 11 is 0. The highest BCUT2D eigenvalue weighted by Gasteiger charge is 2.06. The summed E-state index contributed by atoms with van der Waals surface area (Å²) in [4.78, 5) is 8.04. The quantitative estimate of drug-likeness (QED) is 0.829. The van der Waals surface area contributed by atoms with Gasteiger partial charge in [0, 0.05) is 6.42 Å². The Labute approximate surface area is 97.1 Å². The van der Waals surface area contributed by atoms with Gasteiger partial charge in [-0.3, -0.25) is 0 Å². The Morgan fingerprint density at radius 3 is 2.81 bits per heavy atom. The average Bonchev–Trinajstić information content (AvgIpc) is 2.69. The first-order valence-electron chi connectivity index (χ1n) is 6.20. The van der Waals surface area contributed by atoms with Crippen molar-refractivity contribution in [2.75, 3.05) is 0 Å². The summed E-state index contributed by atoms with van der Waals surface area (Å²) in [7, 11) is 0. The number of rotatable bonds is 4. The number of hydrogen-bond acceptors (Lipinski definition) is 1. The van der Waals surface area contributed by atoms with Gasteiger partial charge in [0.05, 0.1) is 11.0 Å². The van der Waals surface area contributed by atoms with Gasteiger partial charge in [-0.15, -0.1) is 0 Å². The first-order chi connectivity index (χ1) is 7.72. The van der Waals surface area contributed by atoms with Gasteiger partial charge in [-0.1, -0.05) is 33.3 Å². The lowest BCUT2D eigenvalue weighted by Gasteiger charge is -2.03. The molecule has 1 aromatic heterocycles. The molecule has 2 heteroatoms. The molecule has 0 aliphatic carbocycles. The highest BCUT2D eigenvalue weighted by atomic mass is 14.9. The first kappa shape index (κ1) is 11.2. The molecule has 16 heavy (non-hydrogen) atoms. The maximum absolute atomic E-state index is 4.62. The van der Waals surface area contributed by atoms with Gasteiger partial charge in [0.15, 0.2) is 0 Å². The minimum atomic E-state index is 0.700. The number of aromatic amines is 1. The molecule has 1 aromatic carbocycles. The van der Waals surface area contributed by atoms with Crippen LogP contribution in [0.5, 0.6) is 0 Å².